The van der Waals surface area contributed by atoms with Gasteiger partial charge in [0.25, 0.3) is 5.91 Å². The molecule has 0 spiro atoms. The smallest absolute Gasteiger partial charge is 0.254 e. The maximum absolute atomic E-state index is 12.6. The number of nitrogens with zero attached hydrogens (tertiary/aromatic N) is 2. The van der Waals surface area contributed by atoms with E-state index in [1.165, 1.54) is 0 Å². The lowest BCUT2D eigenvalue weighted by Crippen LogP contribution is -2.50. The Kier molecular flexibility index (Phi) is 4.69. The average Bonchev–Trinajstić information content (AvgIpc) is 3.06. The van der Waals surface area contributed by atoms with Crippen LogP contribution < -0.4 is 9.47 Å². The minimum absolute atomic E-state index is 0.0241. The molecule has 0 aromatic heterocycles. The van der Waals surface area contributed by atoms with Crippen molar-refractivity contribution in [2.75, 3.05) is 33.0 Å². The zero-order valence-corrected chi connectivity index (χ0v) is 13.4. The van der Waals surface area contributed by atoms with Gasteiger partial charge in [0.15, 0.2) is 11.5 Å². The molecule has 0 aliphatic carbocycles. The van der Waals surface area contributed by atoms with Crippen molar-refractivity contribution >= 4 is 11.8 Å². The molecular weight excluding hydrogens is 296 g/mol. The molecule has 0 bridgehead atoms. The second-order valence-electron chi connectivity index (χ2n) is 5.84. The first-order valence-corrected chi connectivity index (χ1v) is 8.15. The second kappa shape index (κ2) is 6.89. The second-order valence-corrected chi connectivity index (χ2v) is 5.84. The number of piperazine rings is 1. The first-order chi connectivity index (χ1) is 11.2. The van der Waals surface area contributed by atoms with E-state index in [1.54, 1.807) is 23.1 Å². The van der Waals surface area contributed by atoms with E-state index in [0.717, 1.165) is 12.8 Å². The highest BCUT2D eigenvalue weighted by Gasteiger charge is 2.25. The molecule has 2 aliphatic rings. The molecule has 1 saturated heterocycles. The molecule has 1 aromatic rings. The Morgan fingerprint density at radius 2 is 1.74 bits per heavy atom. The van der Waals surface area contributed by atoms with Gasteiger partial charge in [0.05, 0.1) is 0 Å². The largest absolute Gasteiger partial charge is 0.454 e. The monoisotopic (exact) mass is 318 g/mol. The molecule has 0 radical (unpaired) electrons. The number of amides is 2. The molecule has 6 heteroatoms. The lowest BCUT2D eigenvalue weighted by molar-refractivity contribution is -0.132. The maximum atomic E-state index is 12.6. The van der Waals surface area contributed by atoms with Gasteiger partial charge >= 0.3 is 0 Å². The predicted octanol–water partition coefficient (Wildman–Crippen LogP) is 1.89. The predicted molar refractivity (Wildman–Crippen MR) is 84.6 cm³/mol. The van der Waals surface area contributed by atoms with Gasteiger partial charge in [-0.15, -0.1) is 0 Å². The Hall–Kier alpha value is -2.24. The van der Waals surface area contributed by atoms with E-state index < -0.39 is 0 Å². The van der Waals surface area contributed by atoms with Gasteiger partial charge in [-0.2, -0.15) is 0 Å². The molecule has 0 N–H and O–H groups in total. The normalized spacial score (nSPS) is 16.6. The topological polar surface area (TPSA) is 59.1 Å². The van der Waals surface area contributed by atoms with E-state index in [9.17, 15) is 9.59 Å². The summed E-state index contributed by atoms with van der Waals surface area (Å²) in [5, 5.41) is 0. The van der Waals surface area contributed by atoms with Crippen LogP contribution in [0.15, 0.2) is 18.2 Å². The summed E-state index contributed by atoms with van der Waals surface area (Å²) in [6, 6.07) is 5.25. The van der Waals surface area contributed by atoms with E-state index in [1.807, 2.05) is 4.90 Å². The number of rotatable bonds is 4. The third kappa shape index (κ3) is 3.41. The minimum atomic E-state index is -0.0241. The van der Waals surface area contributed by atoms with Gasteiger partial charge in [-0.3, -0.25) is 9.59 Å². The Labute approximate surface area is 136 Å². The van der Waals surface area contributed by atoms with Crippen LogP contribution in [0.1, 0.15) is 36.5 Å². The molecule has 6 nitrogen and oxygen atoms in total. The number of carbonyl (C=O) groups is 2. The quantitative estimate of drug-likeness (QED) is 0.850. The molecule has 2 aliphatic heterocycles. The van der Waals surface area contributed by atoms with Crippen molar-refractivity contribution in [3.63, 3.8) is 0 Å². The van der Waals surface area contributed by atoms with Gasteiger partial charge in [-0.25, -0.2) is 0 Å². The molecule has 124 valence electrons. The lowest BCUT2D eigenvalue weighted by Gasteiger charge is -2.35. The van der Waals surface area contributed by atoms with Crippen LogP contribution in [0.4, 0.5) is 0 Å². The highest BCUT2D eigenvalue weighted by molar-refractivity contribution is 5.95. The summed E-state index contributed by atoms with van der Waals surface area (Å²) in [5.41, 5.74) is 0.597. The summed E-state index contributed by atoms with van der Waals surface area (Å²) in [4.78, 5) is 28.3. The highest BCUT2D eigenvalue weighted by Crippen LogP contribution is 2.32. The Balaban J connectivity index is 1.57. The molecule has 0 atom stereocenters. The number of benzene rings is 1. The van der Waals surface area contributed by atoms with Gasteiger partial charge in [0.2, 0.25) is 12.7 Å². The van der Waals surface area contributed by atoms with Crippen molar-refractivity contribution in [3.05, 3.63) is 23.8 Å². The third-order valence-electron chi connectivity index (χ3n) is 4.28. The molecule has 1 fully saturated rings. The molecule has 2 amide bonds. The van der Waals surface area contributed by atoms with Crippen LogP contribution in [-0.2, 0) is 4.79 Å². The van der Waals surface area contributed by atoms with Crippen LogP contribution in [0.5, 0.6) is 11.5 Å². The molecule has 0 unspecified atom stereocenters. The number of fused-ring (bicyclic) bond motifs is 1. The van der Waals surface area contributed by atoms with Crippen molar-refractivity contribution in [3.8, 4) is 11.5 Å². The van der Waals surface area contributed by atoms with E-state index >= 15 is 0 Å². The van der Waals surface area contributed by atoms with Crippen LogP contribution in [0.25, 0.3) is 0 Å². The van der Waals surface area contributed by atoms with E-state index in [0.29, 0.717) is 49.7 Å². The third-order valence-corrected chi connectivity index (χ3v) is 4.28. The van der Waals surface area contributed by atoms with Crippen molar-refractivity contribution in [2.24, 2.45) is 0 Å². The van der Waals surface area contributed by atoms with Gasteiger partial charge in [0, 0.05) is 38.2 Å². The maximum Gasteiger partial charge on any atom is 0.254 e. The number of ether oxygens (including phenoxy) is 2. The molecule has 0 saturated carbocycles. The molecule has 1 aromatic carbocycles. The summed E-state index contributed by atoms with van der Waals surface area (Å²) in [5.74, 6) is 1.46. The summed E-state index contributed by atoms with van der Waals surface area (Å²) >= 11 is 0. The zero-order valence-electron chi connectivity index (χ0n) is 13.4. The molecule has 3 rings (SSSR count). The van der Waals surface area contributed by atoms with Crippen molar-refractivity contribution in [1.29, 1.82) is 0 Å². The van der Waals surface area contributed by atoms with E-state index in [2.05, 4.69) is 6.92 Å². The zero-order chi connectivity index (χ0) is 16.2. The summed E-state index contributed by atoms with van der Waals surface area (Å²) in [6.45, 7) is 4.65. The first-order valence-electron chi connectivity index (χ1n) is 8.15. The van der Waals surface area contributed by atoms with Crippen LogP contribution in [0.3, 0.4) is 0 Å². The fraction of sp³-hybridized carbons (Fsp3) is 0.529. The molecular formula is C17H22N2O4. The van der Waals surface area contributed by atoms with Gasteiger partial charge in [0.1, 0.15) is 0 Å². The van der Waals surface area contributed by atoms with Crippen LogP contribution in [0.2, 0.25) is 0 Å². The van der Waals surface area contributed by atoms with Gasteiger partial charge in [-0.1, -0.05) is 13.3 Å². The Bertz CT molecular complexity index is 594. The summed E-state index contributed by atoms with van der Waals surface area (Å²) in [7, 11) is 0. The van der Waals surface area contributed by atoms with Gasteiger partial charge in [-0.05, 0) is 24.6 Å². The van der Waals surface area contributed by atoms with Gasteiger partial charge < -0.3 is 19.3 Å². The molecule has 2 heterocycles. The SMILES string of the molecule is CCCCC(=O)N1CCN(C(=O)c2ccc3c(c2)OCO3)CC1. The van der Waals surface area contributed by atoms with Crippen molar-refractivity contribution in [2.45, 2.75) is 26.2 Å². The minimum Gasteiger partial charge on any atom is -0.454 e. The average molecular weight is 318 g/mol. The van der Waals surface area contributed by atoms with Crippen LogP contribution in [0, 0.1) is 0 Å². The Morgan fingerprint density at radius 1 is 1.04 bits per heavy atom. The van der Waals surface area contributed by atoms with E-state index in [4.69, 9.17) is 9.47 Å². The van der Waals surface area contributed by atoms with Crippen LogP contribution in [-0.4, -0.2) is 54.6 Å². The number of hydrogen-bond acceptors (Lipinski definition) is 4. The molecule has 23 heavy (non-hydrogen) atoms. The van der Waals surface area contributed by atoms with Crippen molar-refractivity contribution in [1.82, 2.24) is 9.80 Å². The fourth-order valence-corrected chi connectivity index (χ4v) is 2.86. The number of hydrogen-bond donors (Lipinski definition) is 0. The number of unbranched alkanes of at least 4 members (excludes halogenated alkanes) is 1. The van der Waals surface area contributed by atoms with E-state index in [-0.39, 0.29) is 18.6 Å². The van der Waals surface area contributed by atoms with Crippen molar-refractivity contribution < 1.29 is 19.1 Å². The summed E-state index contributed by atoms with van der Waals surface area (Å²) in [6.07, 6.45) is 2.55. The lowest BCUT2D eigenvalue weighted by atomic mass is 10.1. The van der Waals surface area contributed by atoms with Crippen LogP contribution >= 0.6 is 0 Å². The Morgan fingerprint density at radius 3 is 2.48 bits per heavy atom. The number of carbonyl (C=O) groups excluding carboxylic acids is 2. The fourth-order valence-electron chi connectivity index (χ4n) is 2.86. The first kappa shape index (κ1) is 15.6. The summed E-state index contributed by atoms with van der Waals surface area (Å²) < 4.78 is 10.6. The standard InChI is InChI=1S/C17H22N2O4/c1-2-3-4-16(20)18-7-9-19(10-8-18)17(21)13-5-6-14-15(11-13)23-12-22-14/h5-6,11H,2-4,7-10,12H2,1H3. The highest BCUT2D eigenvalue weighted by atomic mass is 16.7.